The zero-order chi connectivity index (χ0) is 14.5. The van der Waals surface area contributed by atoms with Gasteiger partial charge in [-0.15, -0.1) is 0 Å². The summed E-state index contributed by atoms with van der Waals surface area (Å²) in [6.45, 7) is 1.69. The van der Waals surface area contributed by atoms with Crippen molar-refractivity contribution >= 4 is 18.0 Å². The molecular weight excluding hydrogens is 264 g/mol. The Morgan fingerprint density at radius 2 is 1.80 bits per heavy atom. The molecule has 0 saturated carbocycles. The molecule has 2 amide bonds. The van der Waals surface area contributed by atoms with Crippen LogP contribution >= 0.6 is 0 Å². The van der Waals surface area contributed by atoms with E-state index in [1.54, 1.807) is 4.90 Å². The molecule has 2 fully saturated rings. The number of hydrogen-bond acceptors (Lipinski definition) is 5. The minimum Gasteiger partial charge on any atom is -0.454 e. The van der Waals surface area contributed by atoms with Crippen LogP contribution in [-0.4, -0.2) is 67.2 Å². The molecule has 0 aromatic rings. The van der Waals surface area contributed by atoms with Crippen molar-refractivity contribution in [3.8, 4) is 0 Å². The number of nitrogens with zero attached hydrogens (tertiary/aromatic N) is 2. The molecule has 2 saturated heterocycles. The Morgan fingerprint density at radius 1 is 1.10 bits per heavy atom. The maximum absolute atomic E-state index is 12.0. The van der Waals surface area contributed by atoms with Gasteiger partial charge < -0.3 is 14.4 Å². The predicted octanol–water partition coefficient (Wildman–Crippen LogP) is 0.383. The maximum atomic E-state index is 12.0. The number of esters is 1. The van der Waals surface area contributed by atoms with Gasteiger partial charge in [-0.1, -0.05) is 0 Å². The molecular formula is C13H20N2O5. The van der Waals surface area contributed by atoms with E-state index >= 15 is 0 Å². The lowest BCUT2D eigenvalue weighted by molar-refractivity contribution is -0.155. The number of ether oxygens (including phenoxy) is 2. The lowest BCUT2D eigenvalue weighted by atomic mass is 10.2. The Balaban J connectivity index is 1.81. The second kappa shape index (κ2) is 6.58. The Labute approximate surface area is 117 Å². The van der Waals surface area contributed by atoms with Gasteiger partial charge in [0, 0.05) is 19.6 Å². The van der Waals surface area contributed by atoms with Crippen molar-refractivity contribution in [2.75, 3.05) is 33.4 Å². The first-order chi connectivity index (χ1) is 9.63. The Morgan fingerprint density at radius 3 is 2.45 bits per heavy atom. The van der Waals surface area contributed by atoms with Gasteiger partial charge in [-0.2, -0.15) is 0 Å². The molecule has 0 spiro atoms. The summed E-state index contributed by atoms with van der Waals surface area (Å²) in [4.78, 5) is 38.3. The van der Waals surface area contributed by atoms with E-state index < -0.39 is 18.1 Å². The van der Waals surface area contributed by atoms with E-state index in [2.05, 4.69) is 4.74 Å². The van der Waals surface area contributed by atoms with Gasteiger partial charge in [0.1, 0.15) is 6.04 Å². The second-order valence-electron chi connectivity index (χ2n) is 5.02. The van der Waals surface area contributed by atoms with Crippen molar-refractivity contribution in [1.82, 2.24) is 9.80 Å². The quantitative estimate of drug-likeness (QED) is 0.700. The van der Waals surface area contributed by atoms with Crippen LogP contribution in [0.1, 0.15) is 25.7 Å². The molecule has 7 heteroatoms. The van der Waals surface area contributed by atoms with Gasteiger partial charge in [0.05, 0.1) is 7.11 Å². The zero-order valence-electron chi connectivity index (χ0n) is 11.7. The van der Waals surface area contributed by atoms with Crippen LogP contribution in [-0.2, 0) is 19.1 Å². The Kier molecular flexibility index (Phi) is 4.81. The number of carbonyl (C=O) groups excluding carboxylic acids is 3. The molecule has 0 aliphatic carbocycles. The largest absolute Gasteiger partial charge is 0.454 e. The summed E-state index contributed by atoms with van der Waals surface area (Å²) in [6, 6.07) is -0.631. The van der Waals surface area contributed by atoms with Crippen LogP contribution in [0.2, 0.25) is 0 Å². The van der Waals surface area contributed by atoms with Crippen molar-refractivity contribution in [1.29, 1.82) is 0 Å². The number of methoxy groups -OCH3 is 1. The standard InChI is InChI=1S/C13H20N2O5/c1-19-13(18)15-8-4-5-10(15)12(17)20-9-11(16)14-6-2-3-7-14/h10H,2-9H2,1H3/t10-/m0/s1. The molecule has 112 valence electrons. The predicted molar refractivity (Wildman–Crippen MR) is 68.9 cm³/mol. The van der Waals surface area contributed by atoms with E-state index in [1.165, 1.54) is 12.0 Å². The molecule has 0 unspecified atom stereocenters. The third kappa shape index (κ3) is 3.20. The van der Waals surface area contributed by atoms with Gasteiger partial charge in [-0.3, -0.25) is 9.69 Å². The highest BCUT2D eigenvalue weighted by Crippen LogP contribution is 2.19. The summed E-state index contributed by atoms with van der Waals surface area (Å²) in [5.74, 6) is -0.695. The minimum absolute atomic E-state index is 0.168. The molecule has 0 N–H and O–H groups in total. The average Bonchev–Trinajstić information content (AvgIpc) is 3.13. The lowest BCUT2D eigenvalue weighted by Gasteiger charge is -2.22. The molecule has 2 aliphatic heterocycles. The zero-order valence-corrected chi connectivity index (χ0v) is 11.7. The molecule has 2 heterocycles. The first-order valence-corrected chi connectivity index (χ1v) is 6.92. The fourth-order valence-electron chi connectivity index (χ4n) is 2.63. The first kappa shape index (κ1) is 14.6. The van der Waals surface area contributed by atoms with Gasteiger partial charge in [0.15, 0.2) is 6.61 Å². The van der Waals surface area contributed by atoms with E-state index in [9.17, 15) is 14.4 Å². The van der Waals surface area contributed by atoms with Crippen molar-refractivity contribution < 1.29 is 23.9 Å². The number of carbonyl (C=O) groups is 3. The Hall–Kier alpha value is -1.79. The monoisotopic (exact) mass is 284 g/mol. The van der Waals surface area contributed by atoms with Crippen LogP contribution in [0.15, 0.2) is 0 Å². The fraction of sp³-hybridized carbons (Fsp3) is 0.769. The van der Waals surface area contributed by atoms with Crippen molar-refractivity contribution in [3.63, 3.8) is 0 Å². The highest BCUT2D eigenvalue weighted by molar-refractivity contribution is 5.85. The molecule has 2 rings (SSSR count). The number of hydrogen-bond donors (Lipinski definition) is 0. The highest BCUT2D eigenvalue weighted by atomic mass is 16.6. The number of rotatable bonds is 3. The summed E-state index contributed by atoms with van der Waals surface area (Å²) < 4.78 is 9.67. The van der Waals surface area contributed by atoms with E-state index in [1.807, 2.05) is 0 Å². The van der Waals surface area contributed by atoms with Crippen molar-refractivity contribution in [2.45, 2.75) is 31.7 Å². The summed E-state index contributed by atoms with van der Waals surface area (Å²) in [7, 11) is 1.28. The molecule has 20 heavy (non-hydrogen) atoms. The molecule has 0 radical (unpaired) electrons. The highest BCUT2D eigenvalue weighted by Gasteiger charge is 2.36. The topological polar surface area (TPSA) is 76.1 Å². The maximum Gasteiger partial charge on any atom is 0.410 e. The van der Waals surface area contributed by atoms with E-state index in [0.717, 1.165) is 32.4 Å². The molecule has 0 bridgehead atoms. The minimum atomic E-state index is -0.631. The van der Waals surface area contributed by atoms with E-state index in [-0.39, 0.29) is 12.5 Å². The van der Waals surface area contributed by atoms with Crippen LogP contribution < -0.4 is 0 Å². The Bertz CT molecular complexity index is 392. The van der Waals surface area contributed by atoms with Crippen LogP contribution in [0.3, 0.4) is 0 Å². The normalized spacial score (nSPS) is 21.9. The van der Waals surface area contributed by atoms with Gasteiger partial charge >= 0.3 is 12.1 Å². The summed E-state index contributed by atoms with van der Waals surface area (Å²) in [6.07, 6.45) is 2.74. The fourth-order valence-corrected chi connectivity index (χ4v) is 2.63. The second-order valence-corrected chi connectivity index (χ2v) is 5.02. The SMILES string of the molecule is COC(=O)N1CCC[C@H]1C(=O)OCC(=O)N1CCCC1. The molecule has 1 atom stereocenters. The van der Waals surface area contributed by atoms with Crippen LogP contribution in [0, 0.1) is 0 Å². The molecule has 0 aromatic heterocycles. The van der Waals surface area contributed by atoms with E-state index in [4.69, 9.17) is 4.74 Å². The lowest BCUT2D eigenvalue weighted by Crippen LogP contribution is -2.42. The first-order valence-electron chi connectivity index (χ1n) is 6.92. The average molecular weight is 284 g/mol. The number of likely N-dealkylation sites (tertiary alicyclic amines) is 2. The van der Waals surface area contributed by atoms with Gasteiger partial charge in [0.25, 0.3) is 5.91 Å². The smallest absolute Gasteiger partial charge is 0.410 e. The van der Waals surface area contributed by atoms with Gasteiger partial charge in [0.2, 0.25) is 0 Å². The van der Waals surface area contributed by atoms with Gasteiger partial charge in [-0.05, 0) is 25.7 Å². The summed E-state index contributed by atoms with van der Waals surface area (Å²) in [5, 5.41) is 0. The summed E-state index contributed by atoms with van der Waals surface area (Å²) >= 11 is 0. The third-order valence-electron chi connectivity index (χ3n) is 3.73. The molecule has 0 aromatic carbocycles. The van der Waals surface area contributed by atoms with Crippen molar-refractivity contribution in [3.05, 3.63) is 0 Å². The van der Waals surface area contributed by atoms with Crippen LogP contribution in [0.25, 0.3) is 0 Å². The van der Waals surface area contributed by atoms with Gasteiger partial charge in [-0.25, -0.2) is 9.59 Å². The molecule has 7 nitrogen and oxygen atoms in total. The molecule has 2 aliphatic rings. The van der Waals surface area contributed by atoms with E-state index in [0.29, 0.717) is 13.0 Å². The third-order valence-corrected chi connectivity index (χ3v) is 3.73. The number of amides is 2. The van der Waals surface area contributed by atoms with Crippen molar-refractivity contribution in [2.24, 2.45) is 0 Å². The van der Waals surface area contributed by atoms with Crippen LogP contribution in [0.4, 0.5) is 4.79 Å². The van der Waals surface area contributed by atoms with Crippen LogP contribution in [0.5, 0.6) is 0 Å². The summed E-state index contributed by atoms with van der Waals surface area (Å²) in [5.41, 5.74) is 0.